The van der Waals surface area contributed by atoms with Crippen LogP contribution in [0.5, 0.6) is 5.75 Å². The molecule has 1 aromatic carbocycles. The van der Waals surface area contributed by atoms with Crippen LogP contribution in [0.25, 0.3) is 0 Å². The van der Waals surface area contributed by atoms with Crippen LogP contribution in [-0.4, -0.2) is 42.9 Å². The monoisotopic (exact) mass is 355 g/mol. The predicted molar refractivity (Wildman–Crippen MR) is 94.5 cm³/mol. The van der Waals surface area contributed by atoms with Gasteiger partial charge in [0.15, 0.2) is 0 Å². The molecule has 1 aromatic rings. The Morgan fingerprint density at radius 3 is 2.46 bits per heavy atom. The van der Waals surface area contributed by atoms with Crippen molar-refractivity contribution in [2.75, 3.05) is 25.5 Å². The highest BCUT2D eigenvalue weighted by molar-refractivity contribution is 6.06. The van der Waals surface area contributed by atoms with Crippen molar-refractivity contribution in [2.45, 2.75) is 6.42 Å². The molecular weight excluding hydrogens is 334 g/mol. The molecule has 1 heterocycles. The van der Waals surface area contributed by atoms with Crippen LogP contribution in [0.15, 0.2) is 36.4 Å². The van der Waals surface area contributed by atoms with Crippen molar-refractivity contribution in [3.8, 4) is 5.75 Å². The molecule has 2 N–H and O–H groups in total. The number of carbonyl (C=O) groups is 3. The Balaban J connectivity index is 1.31. The second-order valence-corrected chi connectivity index (χ2v) is 6.91. The SMILES string of the molecule is COc1ccccc1NC(=O)NCCN1C(=O)[C@H]2[C@H](C1=O)[C@H]1C=C[C@H]2C1. The largest absolute Gasteiger partial charge is 0.495 e. The number of amides is 4. The van der Waals surface area contributed by atoms with Crippen LogP contribution >= 0.6 is 0 Å². The zero-order valence-corrected chi connectivity index (χ0v) is 14.5. The number of allylic oxidation sites excluding steroid dienone is 2. The second kappa shape index (κ2) is 6.48. The third-order valence-electron chi connectivity index (χ3n) is 5.54. The van der Waals surface area contributed by atoms with Crippen LogP contribution < -0.4 is 15.4 Å². The number of urea groups is 1. The summed E-state index contributed by atoms with van der Waals surface area (Å²) in [5.74, 6) is 0.386. The number of nitrogens with zero attached hydrogens (tertiary/aromatic N) is 1. The van der Waals surface area contributed by atoms with Crippen LogP contribution in [0, 0.1) is 23.7 Å². The summed E-state index contributed by atoms with van der Waals surface area (Å²) in [4.78, 5) is 38.5. The molecule has 0 aromatic heterocycles. The van der Waals surface area contributed by atoms with Gasteiger partial charge in [0.2, 0.25) is 11.8 Å². The molecule has 2 aliphatic carbocycles. The van der Waals surface area contributed by atoms with Crippen molar-refractivity contribution in [3.63, 3.8) is 0 Å². The van der Waals surface area contributed by atoms with Crippen molar-refractivity contribution >= 4 is 23.5 Å². The Bertz CT molecular complexity index is 761. The smallest absolute Gasteiger partial charge is 0.319 e. The Morgan fingerprint density at radius 2 is 1.81 bits per heavy atom. The van der Waals surface area contributed by atoms with Gasteiger partial charge in [0, 0.05) is 13.1 Å². The van der Waals surface area contributed by atoms with Crippen LogP contribution in [-0.2, 0) is 9.59 Å². The molecule has 4 atom stereocenters. The average Bonchev–Trinajstić information content (AvgIpc) is 3.31. The number of likely N-dealkylation sites (tertiary alicyclic amines) is 1. The number of anilines is 1. The van der Waals surface area contributed by atoms with E-state index in [1.54, 1.807) is 18.2 Å². The summed E-state index contributed by atoms with van der Waals surface area (Å²) in [6.07, 6.45) is 5.05. The molecule has 0 spiro atoms. The highest BCUT2D eigenvalue weighted by Gasteiger charge is 2.58. The lowest BCUT2D eigenvalue weighted by Gasteiger charge is -2.17. The number of carbonyl (C=O) groups excluding carboxylic acids is 3. The topological polar surface area (TPSA) is 87.7 Å². The van der Waals surface area contributed by atoms with Gasteiger partial charge in [0.1, 0.15) is 5.75 Å². The third kappa shape index (κ3) is 2.64. The van der Waals surface area contributed by atoms with Gasteiger partial charge in [-0.05, 0) is 30.4 Å². The first kappa shape index (κ1) is 16.6. The zero-order valence-electron chi connectivity index (χ0n) is 14.5. The molecule has 7 nitrogen and oxygen atoms in total. The summed E-state index contributed by atoms with van der Waals surface area (Å²) >= 11 is 0. The minimum absolute atomic E-state index is 0.0937. The second-order valence-electron chi connectivity index (χ2n) is 6.91. The van der Waals surface area contributed by atoms with E-state index in [9.17, 15) is 14.4 Å². The summed E-state index contributed by atoms with van der Waals surface area (Å²) in [5.41, 5.74) is 0.554. The number of hydrogen-bond donors (Lipinski definition) is 2. The van der Waals surface area contributed by atoms with E-state index in [1.807, 2.05) is 6.07 Å². The lowest BCUT2D eigenvalue weighted by molar-refractivity contribution is -0.140. The Labute approximate surface area is 151 Å². The van der Waals surface area contributed by atoms with Gasteiger partial charge in [-0.3, -0.25) is 14.5 Å². The molecule has 1 saturated heterocycles. The quantitative estimate of drug-likeness (QED) is 0.621. The van der Waals surface area contributed by atoms with Gasteiger partial charge in [-0.25, -0.2) is 4.79 Å². The molecule has 26 heavy (non-hydrogen) atoms. The fraction of sp³-hybridized carbons (Fsp3) is 0.421. The predicted octanol–water partition coefficient (Wildman–Crippen LogP) is 1.62. The fourth-order valence-corrected chi connectivity index (χ4v) is 4.38. The normalized spacial score (nSPS) is 28.4. The number of fused-ring (bicyclic) bond motifs is 5. The maximum Gasteiger partial charge on any atom is 0.319 e. The van der Waals surface area contributed by atoms with E-state index >= 15 is 0 Å². The van der Waals surface area contributed by atoms with Crippen molar-refractivity contribution in [1.82, 2.24) is 10.2 Å². The summed E-state index contributed by atoms with van der Waals surface area (Å²) < 4.78 is 5.18. The fourth-order valence-electron chi connectivity index (χ4n) is 4.38. The molecule has 2 fully saturated rings. The lowest BCUT2D eigenvalue weighted by Crippen LogP contribution is -2.40. The van der Waals surface area contributed by atoms with E-state index in [-0.39, 0.29) is 48.6 Å². The molecular formula is C19H21N3O4. The highest BCUT2D eigenvalue weighted by Crippen LogP contribution is 2.52. The summed E-state index contributed by atoms with van der Waals surface area (Å²) in [6.45, 7) is 0.407. The minimum atomic E-state index is -0.407. The number of ether oxygens (including phenoxy) is 1. The van der Waals surface area contributed by atoms with Crippen LogP contribution in [0.1, 0.15) is 6.42 Å². The van der Waals surface area contributed by atoms with Crippen molar-refractivity contribution in [3.05, 3.63) is 36.4 Å². The summed E-state index contributed by atoms with van der Waals surface area (Å²) in [6, 6.07) is 6.68. The standard InChI is InChI=1S/C19H21N3O4/c1-26-14-5-3-2-4-13(14)21-19(25)20-8-9-22-17(23)15-11-6-7-12(10-11)16(15)18(22)24/h2-7,11-12,15-16H,8-10H2,1H3,(H2,20,21,25)/t11-,12-,15+,16+/m0/s1. The van der Waals surface area contributed by atoms with Crippen molar-refractivity contribution < 1.29 is 19.1 Å². The van der Waals surface area contributed by atoms with E-state index in [4.69, 9.17) is 4.74 Å². The number of methoxy groups -OCH3 is 1. The molecule has 2 bridgehead atoms. The maximum absolute atomic E-state index is 12.6. The van der Waals surface area contributed by atoms with Crippen molar-refractivity contribution in [1.29, 1.82) is 0 Å². The Hall–Kier alpha value is -2.83. The molecule has 0 unspecified atom stereocenters. The van der Waals surface area contributed by atoms with E-state index < -0.39 is 6.03 Å². The molecule has 136 valence electrons. The highest BCUT2D eigenvalue weighted by atomic mass is 16.5. The van der Waals surface area contributed by atoms with Crippen LogP contribution in [0.3, 0.4) is 0 Å². The average molecular weight is 355 g/mol. The van der Waals surface area contributed by atoms with E-state index in [0.29, 0.717) is 11.4 Å². The van der Waals surface area contributed by atoms with Crippen LogP contribution in [0.4, 0.5) is 10.5 Å². The molecule has 1 aliphatic heterocycles. The first-order valence-electron chi connectivity index (χ1n) is 8.81. The van der Waals surface area contributed by atoms with Crippen molar-refractivity contribution in [2.24, 2.45) is 23.7 Å². The van der Waals surface area contributed by atoms with E-state index in [0.717, 1.165) is 6.42 Å². The number of imide groups is 1. The first-order valence-corrected chi connectivity index (χ1v) is 8.81. The van der Waals surface area contributed by atoms with Gasteiger partial charge in [0.25, 0.3) is 0 Å². The molecule has 4 rings (SSSR count). The molecule has 7 heteroatoms. The number of rotatable bonds is 5. The molecule has 1 saturated carbocycles. The maximum atomic E-state index is 12.6. The minimum Gasteiger partial charge on any atom is -0.495 e. The number of nitrogens with one attached hydrogen (secondary N) is 2. The third-order valence-corrected chi connectivity index (χ3v) is 5.54. The number of para-hydroxylation sites is 2. The van der Waals surface area contributed by atoms with Gasteiger partial charge in [-0.15, -0.1) is 0 Å². The van der Waals surface area contributed by atoms with E-state index in [2.05, 4.69) is 22.8 Å². The van der Waals surface area contributed by atoms with Gasteiger partial charge >= 0.3 is 6.03 Å². The van der Waals surface area contributed by atoms with E-state index in [1.165, 1.54) is 12.0 Å². The van der Waals surface area contributed by atoms with Crippen LogP contribution in [0.2, 0.25) is 0 Å². The number of hydrogen-bond acceptors (Lipinski definition) is 4. The molecule has 0 radical (unpaired) electrons. The van der Waals surface area contributed by atoms with Gasteiger partial charge in [-0.2, -0.15) is 0 Å². The Kier molecular flexibility index (Phi) is 4.14. The van der Waals surface area contributed by atoms with Gasteiger partial charge < -0.3 is 15.4 Å². The summed E-state index contributed by atoms with van der Waals surface area (Å²) in [7, 11) is 1.53. The Morgan fingerprint density at radius 1 is 1.15 bits per heavy atom. The van der Waals surface area contributed by atoms with Gasteiger partial charge in [0.05, 0.1) is 24.6 Å². The number of benzene rings is 1. The molecule has 4 amide bonds. The summed E-state index contributed by atoms with van der Waals surface area (Å²) in [5, 5.41) is 5.39. The zero-order chi connectivity index (χ0) is 18.3. The van der Waals surface area contributed by atoms with Gasteiger partial charge in [-0.1, -0.05) is 24.3 Å². The lowest BCUT2D eigenvalue weighted by atomic mass is 9.85. The molecule has 3 aliphatic rings. The first-order chi connectivity index (χ1) is 12.6.